The Morgan fingerprint density at radius 2 is 2.06 bits per heavy atom. The maximum absolute atomic E-state index is 6.31. The summed E-state index contributed by atoms with van der Waals surface area (Å²) >= 11 is 6.31. The van der Waals surface area contributed by atoms with Crippen LogP contribution in [0, 0.1) is 5.41 Å². The van der Waals surface area contributed by atoms with Crippen LogP contribution in [0.15, 0.2) is 24.3 Å². The molecule has 1 aromatic carbocycles. The summed E-state index contributed by atoms with van der Waals surface area (Å²) < 4.78 is 0. The molecule has 3 heteroatoms. The summed E-state index contributed by atoms with van der Waals surface area (Å²) in [6.07, 6.45) is 0. The molecule has 0 amide bonds. The molecule has 1 saturated heterocycles. The van der Waals surface area contributed by atoms with Crippen LogP contribution in [0.3, 0.4) is 0 Å². The minimum absolute atomic E-state index is 0.268. The zero-order valence-electron chi connectivity index (χ0n) is 10.8. The van der Waals surface area contributed by atoms with E-state index in [1.54, 1.807) is 0 Å². The standard InChI is InChI=1S/C14H21ClN2/c1-11-8-16-9-14(2,3)10-17(11)13-7-5-4-6-12(13)15/h4-7,11,16H,8-10H2,1-3H3. The largest absolute Gasteiger partial charge is 0.366 e. The highest BCUT2D eigenvalue weighted by Crippen LogP contribution is 2.31. The average molecular weight is 253 g/mol. The van der Waals surface area contributed by atoms with Gasteiger partial charge in [-0.15, -0.1) is 0 Å². The third-order valence-corrected chi connectivity index (χ3v) is 3.66. The average Bonchev–Trinajstić information content (AvgIpc) is 2.38. The molecule has 1 aliphatic heterocycles. The van der Waals surface area contributed by atoms with Gasteiger partial charge < -0.3 is 10.2 Å². The van der Waals surface area contributed by atoms with Crippen molar-refractivity contribution in [1.29, 1.82) is 0 Å². The Balaban J connectivity index is 2.31. The van der Waals surface area contributed by atoms with E-state index in [0.29, 0.717) is 6.04 Å². The maximum atomic E-state index is 6.31. The first-order valence-corrected chi connectivity index (χ1v) is 6.59. The number of rotatable bonds is 1. The second kappa shape index (κ2) is 4.87. The molecule has 0 aromatic heterocycles. The number of benzene rings is 1. The second-order valence-electron chi connectivity index (χ2n) is 5.72. The van der Waals surface area contributed by atoms with E-state index in [4.69, 9.17) is 11.6 Å². The number of nitrogens with zero attached hydrogens (tertiary/aromatic N) is 1. The predicted octanol–water partition coefficient (Wildman–Crippen LogP) is 3.16. The Morgan fingerprint density at radius 1 is 1.35 bits per heavy atom. The lowest BCUT2D eigenvalue weighted by Crippen LogP contribution is -2.40. The van der Waals surface area contributed by atoms with Gasteiger partial charge in [-0.3, -0.25) is 0 Å². The highest BCUT2D eigenvalue weighted by atomic mass is 35.5. The molecule has 1 atom stereocenters. The van der Waals surface area contributed by atoms with Crippen LogP contribution in [-0.4, -0.2) is 25.7 Å². The second-order valence-corrected chi connectivity index (χ2v) is 6.13. The Morgan fingerprint density at radius 3 is 2.76 bits per heavy atom. The number of anilines is 1. The highest BCUT2D eigenvalue weighted by Gasteiger charge is 2.29. The fraction of sp³-hybridized carbons (Fsp3) is 0.571. The molecule has 1 N–H and O–H groups in total. The third-order valence-electron chi connectivity index (χ3n) is 3.34. The van der Waals surface area contributed by atoms with Crippen molar-refractivity contribution in [2.75, 3.05) is 24.5 Å². The molecule has 0 bridgehead atoms. The molecule has 0 aliphatic carbocycles. The fourth-order valence-electron chi connectivity index (χ4n) is 2.41. The van der Waals surface area contributed by atoms with E-state index in [2.05, 4.69) is 43.1 Å². The van der Waals surface area contributed by atoms with Gasteiger partial charge >= 0.3 is 0 Å². The monoisotopic (exact) mass is 252 g/mol. The van der Waals surface area contributed by atoms with Crippen LogP contribution in [0.4, 0.5) is 5.69 Å². The van der Waals surface area contributed by atoms with E-state index >= 15 is 0 Å². The summed E-state index contributed by atoms with van der Waals surface area (Å²) in [5.41, 5.74) is 1.42. The minimum Gasteiger partial charge on any atom is -0.366 e. The molecule has 2 rings (SSSR count). The van der Waals surface area contributed by atoms with Crippen molar-refractivity contribution < 1.29 is 0 Å². The van der Waals surface area contributed by atoms with Gasteiger partial charge in [0, 0.05) is 25.7 Å². The van der Waals surface area contributed by atoms with Crippen LogP contribution in [0.1, 0.15) is 20.8 Å². The van der Waals surface area contributed by atoms with E-state index in [-0.39, 0.29) is 5.41 Å². The summed E-state index contributed by atoms with van der Waals surface area (Å²) in [7, 11) is 0. The number of para-hydroxylation sites is 1. The number of nitrogens with one attached hydrogen (secondary N) is 1. The van der Waals surface area contributed by atoms with Crippen LogP contribution in [-0.2, 0) is 0 Å². The molecule has 0 radical (unpaired) electrons. The molecule has 1 heterocycles. The normalized spacial score (nSPS) is 24.5. The predicted molar refractivity (Wildman–Crippen MR) is 74.9 cm³/mol. The summed E-state index contributed by atoms with van der Waals surface area (Å²) in [6.45, 7) is 9.93. The van der Waals surface area contributed by atoms with Gasteiger partial charge in [-0.1, -0.05) is 37.6 Å². The number of hydrogen-bond donors (Lipinski definition) is 1. The van der Waals surface area contributed by atoms with Gasteiger partial charge in [0.15, 0.2) is 0 Å². The van der Waals surface area contributed by atoms with Crippen LogP contribution in [0.5, 0.6) is 0 Å². The lowest BCUT2D eigenvalue weighted by atomic mass is 9.93. The fourth-order valence-corrected chi connectivity index (χ4v) is 2.65. The van der Waals surface area contributed by atoms with E-state index in [1.807, 2.05) is 12.1 Å². The van der Waals surface area contributed by atoms with Crippen molar-refractivity contribution in [2.45, 2.75) is 26.8 Å². The maximum Gasteiger partial charge on any atom is 0.0639 e. The van der Waals surface area contributed by atoms with Gasteiger partial charge in [-0.25, -0.2) is 0 Å². The van der Waals surface area contributed by atoms with Gasteiger partial charge in [0.1, 0.15) is 0 Å². The van der Waals surface area contributed by atoms with Crippen molar-refractivity contribution in [3.05, 3.63) is 29.3 Å². The molecule has 0 saturated carbocycles. The van der Waals surface area contributed by atoms with Crippen LogP contribution >= 0.6 is 11.6 Å². The molecule has 94 valence electrons. The molecule has 1 aliphatic rings. The van der Waals surface area contributed by atoms with Gasteiger partial charge in [0.05, 0.1) is 10.7 Å². The first-order chi connectivity index (χ1) is 7.99. The van der Waals surface area contributed by atoms with Gasteiger partial charge in [0.2, 0.25) is 0 Å². The first-order valence-electron chi connectivity index (χ1n) is 6.21. The van der Waals surface area contributed by atoms with Crippen molar-refractivity contribution in [2.24, 2.45) is 5.41 Å². The third kappa shape index (κ3) is 2.93. The van der Waals surface area contributed by atoms with Crippen molar-refractivity contribution >= 4 is 17.3 Å². The zero-order chi connectivity index (χ0) is 12.5. The van der Waals surface area contributed by atoms with Gasteiger partial charge in [0.25, 0.3) is 0 Å². The Hall–Kier alpha value is -0.730. The van der Waals surface area contributed by atoms with E-state index in [0.717, 1.165) is 30.3 Å². The lowest BCUT2D eigenvalue weighted by molar-refractivity contribution is 0.369. The van der Waals surface area contributed by atoms with Gasteiger partial charge in [-0.2, -0.15) is 0 Å². The van der Waals surface area contributed by atoms with Crippen molar-refractivity contribution in [1.82, 2.24) is 5.32 Å². The minimum atomic E-state index is 0.268. The highest BCUT2D eigenvalue weighted by molar-refractivity contribution is 6.33. The molecule has 1 unspecified atom stereocenters. The zero-order valence-corrected chi connectivity index (χ0v) is 11.6. The summed E-state index contributed by atoms with van der Waals surface area (Å²) in [4.78, 5) is 2.42. The van der Waals surface area contributed by atoms with Crippen LogP contribution < -0.4 is 10.2 Å². The molecule has 17 heavy (non-hydrogen) atoms. The molecule has 1 fully saturated rings. The smallest absolute Gasteiger partial charge is 0.0639 e. The van der Waals surface area contributed by atoms with Crippen LogP contribution in [0.25, 0.3) is 0 Å². The summed E-state index contributed by atoms with van der Waals surface area (Å²) in [5, 5.41) is 4.37. The topological polar surface area (TPSA) is 15.3 Å². The Labute approximate surface area is 109 Å². The quantitative estimate of drug-likeness (QED) is 0.826. The summed E-state index contributed by atoms with van der Waals surface area (Å²) in [6, 6.07) is 8.59. The molecular weight excluding hydrogens is 232 g/mol. The Kier molecular flexibility index (Phi) is 3.64. The molecule has 2 nitrogen and oxygen atoms in total. The molecular formula is C14H21ClN2. The molecule has 0 spiro atoms. The number of hydrogen-bond acceptors (Lipinski definition) is 2. The van der Waals surface area contributed by atoms with Crippen LogP contribution in [0.2, 0.25) is 5.02 Å². The van der Waals surface area contributed by atoms with E-state index in [9.17, 15) is 0 Å². The molecule has 1 aromatic rings. The Bertz CT molecular complexity index is 390. The SMILES string of the molecule is CC1CNCC(C)(C)CN1c1ccccc1Cl. The number of halogens is 1. The first kappa shape index (κ1) is 12.7. The summed E-state index contributed by atoms with van der Waals surface area (Å²) in [5.74, 6) is 0. The van der Waals surface area contributed by atoms with E-state index in [1.165, 1.54) is 0 Å². The van der Waals surface area contributed by atoms with Gasteiger partial charge in [-0.05, 0) is 24.5 Å². The lowest BCUT2D eigenvalue weighted by Gasteiger charge is -2.34. The van der Waals surface area contributed by atoms with E-state index < -0.39 is 0 Å². The van der Waals surface area contributed by atoms with Crippen molar-refractivity contribution in [3.63, 3.8) is 0 Å². The van der Waals surface area contributed by atoms with Crippen molar-refractivity contribution in [3.8, 4) is 0 Å².